The summed E-state index contributed by atoms with van der Waals surface area (Å²) in [5.41, 5.74) is 0.798. The molecular weight excluding hydrogens is 260 g/mol. The number of anilines is 1. The third kappa shape index (κ3) is 2.89. The number of rotatable bonds is 6. The van der Waals surface area contributed by atoms with Crippen LogP contribution < -0.4 is 5.32 Å². The molecular formula is C14H18N2O4. The van der Waals surface area contributed by atoms with Crippen molar-refractivity contribution in [2.45, 2.75) is 26.2 Å². The number of hydrogen-bond donors (Lipinski definition) is 1. The van der Waals surface area contributed by atoms with Crippen LogP contribution in [0.25, 0.3) is 0 Å². The zero-order valence-corrected chi connectivity index (χ0v) is 11.6. The van der Waals surface area contributed by atoms with Crippen LogP contribution in [0.3, 0.4) is 0 Å². The van der Waals surface area contributed by atoms with E-state index < -0.39 is 10.9 Å². The molecule has 0 bridgehead atoms. The first-order chi connectivity index (χ1) is 9.51. The number of nitro benzene ring substituents is 1. The average molecular weight is 278 g/mol. The van der Waals surface area contributed by atoms with Crippen LogP contribution in [-0.2, 0) is 4.74 Å². The molecule has 0 aliphatic heterocycles. The summed E-state index contributed by atoms with van der Waals surface area (Å²) < 4.78 is 4.59. The molecule has 0 aromatic heterocycles. The Bertz CT molecular complexity index is 538. The molecule has 2 rings (SSSR count). The lowest BCUT2D eigenvalue weighted by Crippen LogP contribution is -2.15. The molecule has 20 heavy (non-hydrogen) atoms. The summed E-state index contributed by atoms with van der Waals surface area (Å²) in [5, 5.41) is 14.2. The summed E-state index contributed by atoms with van der Waals surface area (Å²) in [5.74, 6) is -0.697. The van der Waals surface area contributed by atoms with Crippen molar-refractivity contribution in [2.75, 3.05) is 19.0 Å². The second-order valence-corrected chi connectivity index (χ2v) is 5.19. The molecule has 1 aromatic carbocycles. The van der Waals surface area contributed by atoms with Gasteiger partial charge in [0.2, 0.25) is 0 Å². The maximum absolute atomic E-state index is 11.6. The highest BCUT2D eigenvalue weighted by Gasteiger charge is 2.40. The number of benzene rings is 1. The van der Waals surface area contributed by atoms with Gasteiger partial charge in [0.15, 0.2) is 0 Å². The lowest BCUT2D eigenvalue weighted by molar-refractivity contribution is -0.385. The van der Waals surface area contributed by atoms with Crippen LogP contribution in [0.15, 0.2) is 18.2 Å². The van der Waals surface area contributed by atoms with Gasteiger partial charge in [-0.3, -0.25) is 10.1 Å². The van der Waals surface area contributed by atoms with Gasteiger partial charge in [-0.25, -0.2) is 4.79 Å². The largest absolute Gasteiger partial charge is 0.465 e. The molecule has 1 aliphatic carbocycles. The third-order valence-electron chi connectivity index (χ3n) is 3.97. The van der Waals surface area contributed by atoms with Gasteiger partial charge >= 0.3 is 5.97 Å². The lowest BCUT2D eigenvalue weighted by atomic mass is 10.0. The predicted octanol–water partition coefficient (Wildman–Crippen LogP) is 2.98. The fraction of sp³-hybridized carbons (Fsp3) is 0.500. The summed E-state index contributed by atoms with van der Waals surface area (Å²) in [4.78, 5) is 21.9. The molecule has 0 unspecified atom stereocenters. The van der Waals surface area contributed by atoms with Crippen LogP contribution in [-0.4, -0.2) is 24.5 Å². The molecule has 0 spiro atoms. The molecule has 1 fully saturated rings. The van der Waals surface area contributed by atoms with Crippen molar-refractivity contribution in [2.24, 2.45) is 5.41 Å². The summed E-state index contributed by atoms with van der Waals surface area (Å²) in [6, 6.07) is 4.44. The summed E-state index contributed by atoms with van der Waals surface area (Å²) in [6.45, 7) is 2.98. The molecule has 0 heterocycles. The first-order valence-corrected chi connectivity index (χ1v) is 6.62. The van der Waals surface area contributed by atoms with E-state index in [2.05, 4.69) is 17.0 Å². The van der Waals surface area contributed by atoms with Gasteiger partial charge < -0.3 is 10.1 Å². The molecule has 0 saturated heterocycles. The minimum atomic E-state index is -0.697. The van der Waals surface area contributed by atoms with Gasteiger partial charge in [-0.15, -0.1) is 0 Å². The average Bonchev–Trinajstić information content (AvgIpc) is 3.24. The number of carbonyl (C=O) groups excluding carboxylic acids is 1. The Morgan fingerprint density at radius 1 is 1.50 bits per heavy atom. The van der Waals surface area contributed by atoms with Crippen molar-refractivity contribution in [3.8, 4) is 0 Å². The van der Waals surface area contributed by atoms with Gasteiger partial charge in [-0.05, 0) is 36.8 Å². The van der Waals surface area contributed by atoms with Crippen molar-refractivity contribution in [1.29, 1.82) is 0 Å². The summed E-state index contributed by atoms with van der Waals surface area (Å²) in [7, 11) is 1.21. The molecule has 0 atom stereocenters. The minimum absolute atomic E-state index is 0.0242. The van der Waals surface area contributed by atoms with E-state index >= 15 is 0 Å². The summed E-state index contributed by atoms with van der Waals surface area (Å²) in [6.07, 6.45) is 3.51. The van der Waals surface area contributed by atoms with E-state index in [0.29, 0.717) is 11.1 Å². The van der Waals surface area contributed by atoms with E-state index in [1.807, 2.05) is 0 Å². The zero-order chi connectivity index (χ0) is 14.8. The Labute approximate surface area is 117 Å². The number of methoxy groups -OCH3 is 1. The molecule has 1 aromatic rings. The smallest absolute Gasteiger partial charge is 0.344 e. The number of esters is 1. The summed E-state index contributed by atoms with van der Waals surface area (Å²) >= 11 is 0. The molecule has 1 aliphatic rings. The van der Waals surface area contributed by atoms with E-state index in [4.69, 9.17) is 0 Å². The van der Waals surface area contributed by atoms with E-state index in [0.717, 1.165) is 13.0 Å². The van der Waals surface area contributed by atoms with Gasteiger partial charge in [0, 0.05) is 18.3 Å². The number of carbonyl (C=O) groups is 1. The number of ether oxygens (including phenoxy) is 1. The molecule has 6 heteroatoms. The van der Waals surface area contributed by atoms with Gasteiger partial charge in [0.25, 0.3) is 5.69 Å². The highest BCUT2D eigenvalue weighted by Crippen LogP contribution is 2.48. The Hall–Kier alpha value is -2.11. The Morgan fingerprint density at radius 2 is 2.20 bits per heavy atom. The number of nitrogens with one attached hydrogen (secondary N) is 1. The quantitative estimate of drug-likeness (QED) is 0.491. The maximum atomic E-state index is 11.6. The normalized spacial score (nSPS) is 15.5. The maximum Gasteiger partial charge on any atom is 0.344 e. The molecule has 1 saturated carbocycles. The number of nitro groups is 1. The van der Waals surface area contributed by atoms with E-state index in [-0.39, 0.29) is 11.3 Å². The van der Waals surface area contributed by atoms with Crippen molar-refractivity contribution in [3.63, 3.8) is 0 Å². The Morgan fingerprint density at radius 3 is 2.70 bits per heavy atom. The fourth-order valence-electron chi connectivity index (χ4n) is 2.20. The van der Waals surface area contributed by atoms with Crippen molar-refractivity contribution in [1.82, 2.24) is 0 Å². The van der Waals surface area contributed by atoms with Gasteiger partial charge in [0.05, 0.1) is 12.0 Å². The minimum Gasteiger partial charge on any atom is -0.465 e. The monoisotopic (exact) mass is 278 g/mol. The highest BCUT2D eigenvalue weighted by atomic mass is 16.6. The van der Waals surface area contributed by atoms with Crippen molar-refractivity contribution >= 4 is 17.3 Å². The lowest BCUT2D eigenvalue weighted by Gasteiger charge is -2.15. The molecule has 108 valence electrons. The van der Waals surface area contributed by atoms with Crippen LogP contribution in [0.2, 0.25) is 0 Å². The van der Waals surface area contributed by atoms with Crippen LogP contribution in [0.4, 0.5) is 11.4 Å². The van der Waals surface area contributed by atoms with Crippen LogP contribution in [0.1, 0.15) is 36.5 Å². The van der Waals surface area contributed by atoms with Crippen molar-refractivity contribution in [3.05, 3.63) is 33.9 Å². The van der Waals surface area contributed by atoms with E-state index in [9.17, 15) is 14.9 Å². The Kier molecular flexibility index (Phi) is 3.92. The van der Waals surface area contributed by atoms with Gasteiger partial charge in [-0.2, -0.15) is 0 Å². The molecule has 6 nitrogen and oxygen atoms in total. The van der Waals surface area contributed by atoms with Crippen LogP contribution >= 0.6 is 0 Å². The van der Waals surface area contributed by atoms with E-state index in [1.54, 1.807) is 6.07 Å². The van der Waals surface area contributed by atoms with Crippen LogP contribution in [0.5, 0.6) is 0 Å². The fourth-order valence-corrected chi connectivity index (χ4v) is 2.20. The predicted molar refractivity (Wildman–Crippen MR) is 74.9 cm³/mol. The molecule has 0 radical (unpaired) electrons. The highest BCUT2D eigenvalue weighted by molar-refractivity contribution is 5.95. The number of nitrogens with zero attached hydrogens (tertiary/aromatic N) is 1. The van der Waals surface area contributed by atoms with E-state index in [1.165, 1.54) is 32.1 Å². The SMILES string of the molecule is CCC1(CNc2ccc([N+](=O)[O-])c(C(=O)OC)c2)CC1. The number of hydrogen-bond acceptors (Lipinski definition) is 5. The first kappa shape index (κ1) is 14.3. The molecule has 0 amide bonds. The first-order valence-electron chi connectivity index (χ1n) is 6.62. The standard InChI is InChI=1S/C14H18N2O4/c1-3-14(6-7-14)9-15-10-4-5-12(16(18)19)11(8-10)13(17)20-2/h4-5,8,15H,3,6-7,9H2,1-2H3. The van der Waals surface area contributed by atoms with Gasteiger partial charge in [-0.1, -0.05) is 6.92 Å². The third-order valence-corrected chi connectivity index (χ3v) is 3.97. The molecule has 1 N–H and O–H groups in total. The zero-order valence-electron chi connectivity index (χ0n) is 11.6. The second-order valence-electron chi connectivity index (χ2n) is 5.19. The second kappa shape index (κ2) is 5.48. The van der Waals surface area contributed by atoms with Crippen LogP contribution in [0, 0.1) is 15.5 Å². The van der Waals surface area contributed by atoms with Gasteiger partial charge in [0.1, 0.15) is 5.56 Å². The van der Waals surface area contributed by atoms with Crippen molar-refractivity contribution < 1.29 is 14.5 Å². The Balaban J connectivity index is 2.18. The topological polar surface area (TPSA) is 81.5 Å².